The molecular formula is C18H24F2O. The van der Waals surface area contributed by atoms with Gasteiger partial charge in [-0.2, -0.15) is 0 Å². The average Bonchev–Trinajstić information content (AvgIpc) is 2.95. The summed E-state index contributed by atoms with van der Waals surface area (Å²) in [5, 5.41) is 9.97. The SMILES string of the molecule is CC(F)(F)c1cccc(CCC(O)/C=C/C2CCCC2)c1. The molecule has 0 radical (unpaired) electrons. The quantitative estimate of drug-likeness (QED) is 0.744. The molecule has 0 aliphatic heterocycles. The van der Waals surface area contributed by atoms with Crippen LogP contribution in [0.1, 0.15) is 50.2 Å². The summed E-state index contributed by atoms with van der Waals surface area (Å²) >= 11 is 0. The van der Waals surface area contributed by atoms with Crippen LogP contribution in [0.25, 0.3) is 0 Å². The van der Waals surface area contributed by atoms with Crippen molar-refractivity contribution in [2.75, 3.05) is 0 Å². The van der Waals surface area contributed by atoms with Crippen LogP contribution in [-0.4, -0.2) is 11.2 Å². The largest absolute Gasteiger partial charge is 0.389 e. The Balaban J connectivity index is 1.84. The molecule has 0 amide bonds. The molecule has 3 heteroatoms. The Labute approximate surface area is 125 Å². The number of aliphatic hydroxyl groups is 1. The number of benzene rings is 1. The van der Waals surface area contributed by atoms with Gasteiger partial charge in [0.2, 0.25) is 0 Å². The van der Waals surface area contributed by atoms with Gasteiger partial charge in [0.15, 0.2) is 0 Å². The van der Waals surface area contributed by atoms with Gasteiger partial charge in [0.05, 0.1) is 6.10 Å². The summed E-state index contributed by atoms with van der Waals surface area (Å²) in [7, 11) is 0. The van der Waals surface area contributed by atoms with Gasteiger partial charge < -0.3 is 5.11 Å². The molecule has 1 atom stereocenters. The van der Waals surface area contributed by atoms with Gasteiger partial charge in [-0.3, -0.25) is 0 Å². The molecule has 0 saturated heterocycles. The van der Waals surface area contributed by atoms with E-state index in [4.69, 9.17) is 0 Å². The molecule has 0 bridgehead atoms. The second-order valence-electron chi connectivity index (χ2n) is 6.12. The Morgan fingerprint density at radius 2 is 2.05 bits per heavy atom. The van der Waals surface area contributed by atoms with Crippen LogP contribution in [-0.2, 0) is 12.3 Å². The molecule has 0 spiro atoms. The summed E-state index contributed by atoms with van der Waals surface area (Å²) < 4.78 is 26.5. The van der Waals surface area contributed by atoms with E-state index in [0.717, 1.165) is 12.5 Å². The van der Waals surface area contributed by atoms with Crippen molar-refractivity contribution >= 4 is 0 Å². The molecule has 116 valence electrons. The maximum Gasteiger partial charge on any atom is 0.270 e. The van der Waals surface area contributed by atoms with E-state index < -0.39 is 12.0 Å². The van der Waals surface area contributed by atoms with Crippen molar-refractivity contribution in [3.8, 4) is 0 Å². The molecular weight excluding hydrogens is 270 g/mol. The van der Waals surface area contributed by atoms with Crippen molar-refractivity contribution < 1.29 is 13.9 Å². The lowest BCUT2D eigenvalue weighted by atomic mass is 10.0. The molecule has 1 N–H and O–H groups in total. The van der Waals surface area contributed by atoms with Crippen LogP contribution in [0.2, 0.25) is 0 Å². The fourth-order valence-electron chi connectivity index (χ4n) is 2.85. The van der Waals surface area contributed by atoms with Crippen molar-refractivity contribution in [1.29, 1.82) is 0 Å². The van der Waals surface area contributed by atoms with Crippen LogP contribution in [0.3, 0.4) is 0 Å². The number of hydrogen-bond acceptors (Lipinski definition) is 1. The number of aliphatic hydroxyl groups excluding tert-OH is 1. The van der Waals surface area contributed by atoms with Crippen LogP contribution >= 0.6 is 0 Å². The molecule has 1 saturated carbocycles. The first-order chi connectivity index (χ1) is 9.95. The van der Waals surface area contributed by atoms with E-state index >= 15 is 0 Å². The van der Waals surface area contributed by atoms with Crippen LogP contribution < -0.4 is 0 Å². The highest BCUT2D eigenvalue weighted by atomic mass is 19.3. The fraction of sp³-hybridized carbons (Fsp3) is 0.556. The number of alkyl halides is 2. The van der Waals surface area contributed by atoms with Gasteiger partial charge in [0, 0.05) is 12.5 Å². The third kappa shape index (κ3) is 5.24. The van der Waals surface area contributed by atoms with Gasteiger partial charge in [-0.05, 0) is 43.2 Å². The number of halogens is 2. The number of allylic oxidation sites excluding steroid dienone is 1. The van der Waals surface area contributed by atoms with Crippen molar-refractivity contribution in [2.45, 2.75) is 57.5 Å². The molecule has 1 fully saturated rings. The molecule has 1 aliphatic rings. The Morgan fingerprint density at radius 1 is 1.33 bits per heavy atom. The maximum absolute atomic E-state index is 13.3. The minimum atomic E-state index is -2.81. The number of hydrogen-bond donors (Lipinski definition) is 1. The lowest BCUT2D eigenvalue weighted by Gasteiger charge is -2.12. The van der Waals surface area contributed by atoms with E-state index in [1.54, 1.807) is 6.07 Å². The third-order valence-corrected chi connectivity index (χ3v) is 4.17. The lowest BCUT2D eigenvalue weighted by Crippen LogP contribution is -2.08. The molecule has 1 aromatic rings. The Morgan fingerprint density at radius 3 is 2.71 bits per heavy atom. The third-order valence-electron chi connectivity index (χ3n) is 4.17. The summed E-state index contributed by atoms with van der Waals surface area (Å²) in [6.07, 6.45) is 9.68. The molecule has 0 aromatic heterocycles. The fourth-order valence-corrected chi connectivity index (χ4v) is 2.85. The number of rotatable bonds is 6. The van der Waals surface area contributed by atoms with Crippen molar-refractivity contribution in [3.05, 3.63) is 47.5 Å². The van der Waals surface area contributed by atoms with Crippen LogP contribution in [0.15, 0.2) is 36.4 Å². The first kappa shape index (κ1) is 16.2. The monoisotopic (exact) mass is 294 g/mol. The van der Waals surface area contributed by atoms with E-state index in [-0.39, 0.29) is 5.56 Å². The predicted octanol–water partition coefficient (Wildman–Crippen LogP) is 4.84. The molecule has 2 rings (SSSR count). The first-order valence-electron chi connectivity index (χ1n) is 7.79. The Bertz CT molecular complexity index is 470. The second kappa shape index (κ2) is 7.17. The normalized spacial score (nSPS) is 18.5. The van der Waals surface area contributed by atoms with Crippen molar-refractivity contribution in [3.63, 3.8) is 0 Å². The van der Waals surface area contributed by atoms with Crippen molar-refractivity contribution in [1.82, 2.24) is 0 Å². The smallest absolute Gasteiger partial charge is 0.270 e. The van der Waals surface area contributed by atoms with Crippen molar-refractivity contribution in [2.24, 2.45) is 5.92 Å². The number of aryl methyl sites for hydroxylation is 1. The van der Waals surface area contributed by atoms with Gasteiger partial charge in [-0.1, -0.05) is 43.2 Å². The average molecular weight is 294 g/mol. The highest BCUT2D eigenvalue weighted by Gasteiger charge is 2.24. The molecule has 21 heavy (non-hydrogen) atoms. The molecule has 1 unspecified atom stereocenters. The van der Waals surface area contributed by atoms with Gasteiger partial charge in [0.1, 0.15) is 0 Å². The lowest BCUT2D eigenvalue weighted by molar-refractivity contribution is 0.0174. The second-order valence-corrected chi connectivity index (χ2v) is 6.12. The zero-order chi connectivity index (χ0) is 15.3. The highest BCUT2D eigenvalue weighted by Crippen LogP contribution is 2.28. The summed E-state index contributed by atoms with van der Waals surface area (Å²) in [6, 6.07) is 6.47. The summed E-state index contributed by atoms with van der Waals surface area (Å²) in [6.45, 7) is 0.908. The Hall–Kier alpha value is -1.22. The van der Waals surface area contributed by atoms with E-state index in [1.807, 2.05) is 12.1 Å². The maximum atomic E-state index is 13.3. The molecule has 1 aromatic carbocycles. The minimum Gasteiger partial charge on any atom is -0.389 e. The zero-order valence-electron chi connectivity index (χ0n) is 12.6. The van der Waals surface area contributed by atoms with E-state index in [2.05, 4.69) is 6.08 Å². The van der Waals surface area contributed by atoms with Gasteiger partial charge in [-0.15, -0.1) is 0 Å². The Kier molecular flexibility index (Phi) is 5.51. The summed E-state index contributed by atoms with van der Waals surface area (Å²) in [5.41, 5.74) is 0.887. The van der Waals surface area contributed by atoms with Crippen LogP contribution in [0.4, 0.5) is 8.78 Å². The van der Waals surface area contributed by atoms with Gasteiger partial charge in [0.25, 0.3) is 5.92 Å². The van der Waals surface area contributed by atoms with Crippen LogP contribution in [0.5, 0.6) is 0 Å². The zero-order valence-corrected chi connectivity index (χ0v) is 12.6. The molecule has 1 nitrogen and oxygen atoms in total. The van der Waals surface area contributed by atoms with Crippen LogP contribution in [0, 0.1) is 5.92 Å². The van der Waals surface area contributed by atoms with E-state index in [0.29, 0.717) is 18.8 Å². The van der Waals surface area contributed by atoms with E-state index in [9.17, 15) is 13.9 Å². The summed E-state index contributed by atoms with van der Waals surface area (Å²) in [5.74, 6) is -2.20. The minimum absolute atomic E-state index is 0.0380. The molecule has 1 aliphatic carbocycles. The van der Waals surface area contributed by atoms with Gasteiger partial charge in [-0.25, -0.2) is 8.78 Å². The van der Waals surface area contributed by atoms with Gasteiger partial charge >= 0.3 is 0 Å². The first-order valence-corrected chi connectivity index (χ1v) is 7.79. The summed E-state index contributed by atoms with van der Waals surface area (Å²) in [4.78, 5) is 0. The highest BCUT2D eigenvalue weighted by molar-refractivity contribution is 5.26. The van der Waals surface area contributed by atoms with E-state index in [1.165, 1.54) is 37.8 Å². The standard InChI is InChI=1S/C18H24F2O/c1-18(19,20)16-8-4-7-15(13-16)10-12-17(21)11-9-14-5-2-3-6-14/h4,7-9,11,13-14,17,21H,2-3,5-6,10,12H2,1H3/b11-9+. The molecule has 0 heterocycles. The predicted molar refractivity (Wildman–Crippen MR) is 81.4 cm³/mol. The topological polar surface area (TPSA) is 20.2 Å².